The maximum Gasteiger partial charge on any atom is 0.335 e. The van der Waals surface area contributed by atoms with Crippen molar-refractivity contribution in [1.82, 2.24) is 0 Å². The SMILES string of the molecule is C/C=C\C(=O)Oc1ccccc1C.CC.CC.CC. The normalized spacial score (nSPS) is 8.00. The van der Waals surface area contributed by atoms with Crippen LogP contribution in [0.3, 0.4) is 0 Å². The lowest BCUT2D eigenvalue weighted by Crippen LogP contribution is -2.04. The molecule has 1 aromatic carbocycles. The van der Waals surface area contributed by atoms with Crippen molar-refractivity contribution in [1.29, 1.82) is 0 Å². The van der Waals surface area contributed by atoms with Crippen molar-refractivity contribution in [2.75, 3.05) is 0 Å². The fourth-order valence-electron chi connectivity index (χ4n) is 0.949. The Kier molecular flexibility index (Phi) is 22.3. The van der Waals surface area contributed by atoms with Crippen LogP contribution in [0, 0.1) is 6.92 Å². The zero-order chi connectivity index (χ0) is 15.7. The average molecular weight is 266 g/mol. The molecule has 1 aromatic rings. The van der Waals surface area contributed by atoms with Gasteiger partial charge in [0, 0.05) is 6.08 Å². The molecule has 0 aromatic heterocycles. The number of carbonyl (C=O) groups excluding carboxylic acids is 1. The Balaban J connectivity index is -0.000000375. The lowest BCUT2D eigenvalue weighted by Gasteiger charge is -2.03. The van der Waals surface area contributed by atoms with Crippen LogP contribution in [-0.2, 0) is 4.79 Å². The number of para-hydroxylation sites is 1. The van der Waals surface area contributed by atoms with E-state index >= 15 is 0 Å². The quantitative estimate of drug-likeness (QED) is 0.398. The van der Waals surface area contributed by atoms with Crippen LogP contribution in [0.25, 0.3) is 0 Å². The van der Waals surface area contributed by atoms with E-state index in [1.54, 1.807) is 19.1 Å². The fourth-order valence-corrected chi connectivity index (χ4v) is 0.949. The van der Waals surface area contributed by atoms with Gasteiger partial charge in [0.15, 0.2) is 0 Å². The van der Waals surface area contributed by atoms with Gasteiger partial charge in [0.2, 0.25) is 0 Å². The summed E-state index contributed by atoms with van der Waals surface area (Å²) in [5.41, 5.74) is 0.959. The van der Waals surface area contributed by atoms with Gasteiger partial charge in [0.05, 0.1) is 0 Å². The lowest BCUT2D eigenvalue weighted by molar-refractivity contribution is -0.129. The van der Waals surface area contributed by atoms with Crippen LogP contribution in [0.1, 0.15) is 54.0 Å². The van der Waals surface area contributed by atoms with E-state index in [-0.39, 0.29) is 5.97 Å². The molecule has 0 fully saturated rings. The van der Waals surface area contributed by atoms with Gasteiger partial charge in [-0.15, -0.1) is 0 Å². The van der Waals surface area contributed by atoms with E-state index in [4.69, 9.17) is 4.74 Å². The minimum absolute atomic E-state index is 0.336. The maximum atomic E-state index is 11.1. The highest BCUT2D eigenvalue weighted by Crippen LogP contribution is 2.16. The summed E-state index contributed by atoms with van der Waals surface area (Å²) < 4.78 is 5.06. The van der Waals surface area contributed by atoms with Crippen LogP contribution >= 0.6 is 0 Å². The molecule has 0 saturated carbocycles. The fraction of sp³-hybridized carbons (Fsp3) is 0.471. The number of ether oxygens (including phenoxy) is 1. The molecule has 0 bridgehead atoms. The highest BCUT2D eigenvalue weighted by atomic mass is 16.5. The first-order valence-electron chi connectivity index (χ1n) is 7.14. The molecule has 0 saturated heterocycles. The molecule has 0 aliphatic heterocycles. The average Bonchev–Trinajstić information content (AvgIpc) is 2.48. The van der Waals surface area contributed by atoms with Crippen LogP contribution < -0.4 is 4.74 Å². The predicted molar refractivity (Wildman–Crippen MR) is 85.7 cm³/mol. The molecule has 1 rings (SSSR count). The van der Waals surface area contributed by atoms with Gasteiger partial charge in [-0.25, -0.2) is 4.79 Å². The maximum absolute atomic E-state index is 11.1. The van der Waals surface area contributed by atoms with Gasteiger partial charge >= 0.3 is 5.97 Å². The molecular formula is C17H30O2. The Morgan fingerprint density at radius 2 is 1.47 bits per heavy atom. The minimum Gasteiger partial charge on any atom is -0.423 e. The number of benzene rings is 1. The van der Waals surface area contributed by atoms with Crippen LogP contribution in [0.15, 0.2) is 36.4 Å². The number of hydrogen-bond donors (Lipinski definition) is 0. The van der Waals surface area contributed by atoms with Crippen LogP contribution in [0.2, 0.25) is 0 Å². The molecule has 0 heterocycles. The molecule has 0 N–H and O–H groups in total. The van der Waals surface area contributed by atoms with E-state index < -0.39 is 0 Å². The summed E-state index contributed by atoms with van der Waals surface area (Å²) in [4.78, 5) is 11.1. The van der Waals surface area contributed by atoms with Crippen LogP contribution in [0.4, 0.5) is 0 Å². The van der Waals surface area contributed by atoms with E-state index in [0.29, 0.717) is 5.75 Å². The first kappa shape index (κ1) is 22.6. The number of hydrogen-bond acceptors (Lipinski definition) is 2. The first-order chi connectivity index (χ1) is 9.24. The Morgan fingerprint density at radius 3 is 1.89 bits per heavy atom. The van der Waals surface area contributed by atoms with Gasteiger partial charge in [0.25, 0.3) is 0 Å². The number of aryl methyl sites for hydroxylation is 1. The predicted octanol–water partition coefficient (Wildman–Crippen LogP) is 5.56. The Bertz CT molecular complexity index is 328. The van der Waals surface area contributed by atoms with Crippen molar-refractivity contribution >= 4 is 5.97 Å². The summed E-state index contributed by atoms with van der Waals surface area (Å²) in [7, 11) is 0. The third-order valence-corrected chi connectivity index (χ3v) is 1.61. The van der Waals surface area contributed by atoms with E-state index in [2.05, 4.69) is 0 Å². The topological polar surface area (TPSA) is 26.3 Å². The second-order valence-corrected chi connectivity index (χ2v) is 2.69. The first-order valence-corrected chi connectivity index (χ1v) is 7.14. The molecule has 19 heavy (non-hydrogen) atoms. The molecule has 0 radical (unpaired) electrons. The Morgan fingerprint density at radius 1 is 1.00 bits per heavy atom. The van der Waals surface area contributed by atoms with Crippen LogP contribution in [-0.4, -0.2) is 5.97 Å². The smallest absolute Gasteiger partial charge is 0.335 e. The molecule has 0 amide bonds. The largest absolute Gasteiger partial charge is 0.423 e. The molecule has 0 spiro atoms. The molecule has 2 heteroatoms. The molecule has 0 atom stereocenters. The monoisotopic (exact) mass is 266 g/mol. The van der Waals surface area contributed by atoms with E-state index in [0.717, 1.165) is 5.56 Å². The number of esters is 1. The molecule has 110 valence electrons. The summed E-state index contributed by atoms with van der Waals surface area (Å²) in [5, 5.41) is 0. The summed E-state index contributed by atoms with van der Waals surface area (Å²) in [6.07, 6.45) is 3.05. The number of rotatable bonds is 2. The third-order valence-electron chi connectivity index (χ3n) is 1.61. The summed E-state index contributed by atoms with van der Waals surface area (Å²) >= 11 is 0. The molecule has 2 nitrogen and oxygen atoms in total. The molecule has 0 aliphatic carbocycles. The summed E-state index contributed by atoms with van der Waals surface area (Å²) in [6, 6.07) is 7.42. The minimum atomic E-state index is -0.336. The van der Waals surface area contributed by atoms with Crippen molar-refractivity contribution in [2.24, 2.45) is 0 Å². The van der Waals surface area contributed by atoms with Gasteiger partial charge in [-0.05, 0) is 25.5 Å². The second kappa shape index (κ2) is 18.8. The van der Waals surface area contributed by atoms with Gasteiger partial charge in [-0.1, -0.05) is 65.8 Å². The highest BCUT2D eigenvalue weighted by Gasteiger charge is 2.01. The standard InChI is InChI=1S/C11H12O2.3C2H6/c1-3-6-11(12)13-10-8-5-4-7-9(10)2;3*1-2/h3-8H,1-2H3;3*1-2H3/b6-3-;;;. The zero-order valence-electron chi connectivity index (χ0n) is 13.8. The van der Waals surface area contributed by atoms with Gasteiger partial charge < -0.3 is 4.74 Å². The lowest BCUT2D eigenvalue weighted by atomic mass is 10.2. The molecular weight excluding hydrogens is 236 g/mol. The summed E-state index contributed by atoms with van der Waals surface area (Å²) in [6.45, 7) is 15.7. The second-order valence-electron chi connectivity index (χ2n) is 2.69. The third kappa shape index (κ3) is 12.7. The number of carbonyl (C=O) groups is 1. The van der Waals surface area contributed by atoms with E-state index in [1.165, 1.54) is 6.08 Å². The zero-order valence-corrected chi connectivity index (χ0v) is 13.8. The summed E-state index contributed by atoms with van der Waals surface area (Å²) in [5.74, 6) is 0.280. The van der Waals surface area contributed by atoms with Crippen molar-refractivity contribution < 1.29 is 9.53 Å². The van der Waals surface area contributed by atoms with Gasteiger partial charge in [-0.2, -0.15) is 0 Å². The Hall–Kier alpha value is -1.57. The molecule has 0 aliphatic rings. The number of allylic oxidation sites excluding steroid dienone is 1. The van der Waals surface area contributed by atoms with Gasteiger partial charge in [-0.3, -0.25) is 0 Å². The molecule has 0 unspecified atom stereocenters. The van der Waals surface area contributed by atoms with Crippen molar-refractivity contribution in [2.45, 2.75) is 55.4 Å². The van der Waals surface area contributed by atoms with Crippen molar-refractivity contribution in [3.63, 3.8) is 0 Å². The highest BCUT2D eigenvalue weighted by molar-refractivity contribution is 5.84. The van der Waals surface area contributed by atoms with Crippen molar-refractivity contribution in [3.05, 3.63) is 42.0 Å². The van der Waals surface area contributed by atoms with Gasteiger partial charge in [0.1, 0.15) is 5.75 Å². The van der Waals surface area contributed by atoms with Crippen LogP contribution in [0.5, 0.6) is 5.75 Å². The van der Waals surface area contributed by atoms with Crippen molar-refractivity contribution in [3.8, 4) is 5.75 Å². The van der Waals surface area contributed by atoms with E-state index in [9.17, 15) is 4.79 Å². The van der Waals surface area contributed by atoms with E-state index in [1.807, 2.05) is 66.7 Å². The Labute approximate surface area is 119 Å².